The van der Waals surface area contributed by atoms with Gasteiger partial charge in [0.1, 0.15) is 0 Å². The van der Waals surface area contributed by atoms with Crippen LogP contribution in [-0.4, -0.2) is 34.2 Å². The van der Waals surface area contributed by atoms with E-state index in [4.69, 9.17) is 15.6 Å². The first-order valence-electron chi connectivity index (χ1n) is 6.70. The molecule has 0 aromatic heterocycles. The quantitative estimate of drug-likeness (QED) is 0.806. The Kier molecular flexibility index (Phi) is 4.52. The van der Waals surface area contributed by atoms with Gasteiger partial charge < -0.3 is 15.4 Å². The van der Waals surface area contributed by atoms with Gasteiger partial charge in [-0.15, -0.1) is 0 Å². The Morgan fingerprint density at radius 1 is 1.45 bits per heavy atom. The molecule has 0 bridgehead atoms. The van der Waals surface area contributed by atoms with Crippen molar-refractivity contribution in [3.05, 3.63) is 18.2 Å². The van der Waals surface area contributed by atoms with Crippen LogP contribution in [0.15, 0.2) is 23.1 Å². The van der Waals surface area contributed by atoms with E-state index in [1.165, 1.54) is 6.07 Å². The van der Waals surface area contributed by atoms with Crippen LogP contribution >= 0.6 is 0 Å². The third kappa shape index (κ3) is 3.41. The van der Waals surface area contributed by atoms with Crippen LogP contribution in [-0.2, 0) is 14.8 Å². The van der Waals surface area contributed by atoms with Crippen molar-refractivity contribution in [2.75, 3.05) is 30.3 Å². The zero-order valence-electron chi connectivity index (χ0n) is 11.6. The van der Waals surface area contributed by atoms with Gasteiger partial charge in [0.25, 0.3) is 0 Å². The van der Waals surface area contributed by atoms with Gasteiger partial charge >= 0.3 is 0 Å². The fourth-order valence-corrected chi connectivity index (χ4v) is 3.04. The Morgan fingerprint density at radius 2 is 2.20 bits per heavy atom. The highest BCUT2D eigenvalue weighted by molar-refractivity contribution is 7.89. The lowest BCUT2D eigenvalue weighted by molar-refractivity contribution is 0.0527. The van der Waals surface area contributed by atoms with E-state index in [-0.39, 0.29) is 11.0 Å². The molecule has 1 atom stereocenters. The first-order valence-corrected chi connectivity index (χ1v) is 8.25. The molecule has 1 aliphatic heterocycles. The molecule has 1 fully saturated rings. The van der Waals surface area contributed by atoms with Crippen LogP contribution < -0.4 is 15.8 Å². The smallest absolute Gasteiger partial charge is 0.238 e. The molecule has 2 rings (SSSR count). The summed E-state index contributed by atoms with van der Waals surface area (Å²) in [6.45, 7) is 4.19. The molecule has 112 valence electrons. The monoisotopic (exact) mass is 299 g/mol. The molecule has 4 N–H and O–H groups in total. The number of rotatable bonds is 4. The van der Waals surface area contributed by atoms with Crippen LogP contribution in [0.25, 0.3) is 0 Å². The molecule has 6 nitrogen and oxygen atoms in total. The van der Waals surface area contributed by atoms with Crippen molar-refractivity contribution in [3.63, 3.8) is 0 Å². The number of hydrogen-bond donors (Lipinski definition) is 2. The molecule has 1 heterocycles. The Bertz CT molecular complexity index is 572. The van der Waals surface area contributed by atoms with Gasteiger partial charge in [0, 0.05) is 19.7 Å². The second-order valence-electron chi connectivity index (χ2n) is 4.93. The van der Waals surface area contributed by atoms with Crippen LogP contribution in [0.3, 0.4) is 0 Å². The van der Waals surface area contributed by atoms with Crippen molar-refractivity contribution in [2.24, 2.45) is 5.14 Å². The molecule has 0 radical (unpaired) electrons. The standard InChI is InChI=1S/C13H21N3O3S/c1-2-19-10-4-3-7-16(9-10)13-8-11(20(15,17)18)5-6-12(13)14/h5-6,8,10H,2-4,7,9,14H2,1H3,(H2,15,17,18). The summed E-state index contributed by atoms with van der Waals surface area (Å²) in [6.07, 6.45) is 2.16. The predicted molar refractivity (Wildman–Crippen MR) is 79.1 cm³/mol. The molecule has 7 heteroatoms. The molecule has 1 saturated heterocycles. The number of primary sulfonamides is 1. The van der Waals surface area contributed by atoms with Crippen LogP contribution in [0.1, 0.15) is 19.8 Å². The van der Waals surface area contributed by atoms with Crippen molar-refractivity contribution in [1.29, 1.82) is 0 Å². The fourth-order valence-electron chi connectivity index (χ4n) is 2.50. The average Bonchev–Trinajstić information content (AvgIpc) is 2.38. The molecule has 0 amide bonds. The first kappa shape index (κ1) is 15.1. The number of benzene rings is 1. The van der Waals surface area contributed by atoms with Crippen LogP contribution in [0.5, 0.6) is 0 Å². The van der Waals surface area contributed by atoms with Crippen LogP contribution in [0.2, 0.25) is 0 Å². The van der Waals surface area contributed by atoms with E-state index in [1.54, 1.807) is 12.1 Å². The minimum absolute atomic E-state index is 0.0835. The highest BCUT2D eigenvalue weighted by Gasteiger charge is 2.22. The molecule has 1 aromatic rings. The summed E-state index contributed by atoms with van der Waals surface area (Å²) < 4.78 is 28.5. The number of ether oxygens (including phenoxy) is 1. The minimum Gasteiger partial charge on any atom is -0.397 e. The maximum absolute atomic E-state index is 11.4. The SMILES string of the molecule is CCOC1CCCN(c2cc(S(N)(=O)=O)ccc2N)C1. The number of hydrogen-bond acceptors (Lipinski definition) is 5. The third-order valence-corrected chi connectivity index (χ3v) is 4.36. The van der Waals surface area contributed by atoms with Crippen LogP contribution in [0.4, 0.5) is 11.4 Å². The molecule has 1 unspecified atom stereocenters. The van der Waals surface area contributed by atoms with Crippen molar-refractivity contribution >= 4 is 21.4 Å². The molecule has 1 aromatic carbocycles. The summed E-state index contributed by atoms with van der Waals surface area (Å²) in [6, 6.07) is 4.55. The topological polar surface area (TPSA) is 98.6 Å². The lowest BCUT2D eigenvalue weighted by atomic mass is 10.1. The van der Waals surface area contributed by atoms with E-state index < -0.39 is 10.0 Å². The largest absolute Gasteiger partial charge is 0.397 e. The van der Waals surface area contributed by atoms with Gasteiger partial charge in [-0.1, -0.05) is 0 Å². The molecule has 0 spiro atoms. The molecule has 0 saturated carbocycles. The summed E-state index contributed by atoms with van der Waals surface area (Å²) in [5.41, 5.74) is 7.22. The number of piperidine rings is 1. The summed E-state index contributed by atoms with van der Waals surface area (Å²) >= 11 is 0. The summed E-state index contributed by atoms with van der Waals surface area (Å²) in [5, 5.41) is 5.17. The van der Waals surface area contributed by atoms with E-state index in [1.807, 2.05) is 6.92 Å². The van der Waals surface area contributed by atoms with Gasteiger partial charge in [0.2, 0.25) is 10.0 Å². The van der Waals surface area contributed by atoms with Gasteiger partial charge in [0.15, 0.2) is 0 Å². The second-order valence-corrected chi connectivity index (χ2v) is 6.49. The van der Waals surface area contributed by atoms with Crippen LogP contribution in [0, 0.1) is 0 Å². The lowest BCUT2D eigenvalue weighted by Gasteiger charge is -2.35. The maximum Gasteiger partial charge on any atom is 0.238 e. The Hall–Kier alpha value is -1.31. The number of nitrogen functional groups attached to an aromatic ring is 1. The molecular weight excluding hydrogens is 278 g/mol. The van der Waals surface area contributed by atoms with Gasteiger partial charge in [0.05, 0.1) is 22.4 Å². The highest BCUT2D eigenvalue weighted by Crippen LogP contribution is 2.29. The van der Waals surface area contributed by atoms with Crippen molar-refractivity contribution in [3.8, 4) is 0 Å². The van der Waals surface area contributed by atoms with Crippen molar-refractivity contribution in [2.45, 2.75) is 30.8 Å². The Labute approximate surface area is 119 Å². The van der Waals surface area contributed by atoms with E-state index >= 15 is 0 Å². The zero-order valence-corrected chi connectivity index (χ0v) is 12.4. The predicted octanol–water partition coefficient (Wildman–Crippen LogP) is 0.922. The van der Waals surface area contributed by atoms with Crippen molar-refractivity contribution < 1.29 is 13.2 Å². The average molecular weight is 299 g/mol. The maximum atomic E-state index is 11.4. The number of nitrogens with zero attached hydrogens (tertiary/aromatic N) is 1. The van der Waals surface area contributed by atoms with E-state index in [0.29, 0.717) is 24.5 Å². The summed E-state index contributed by atoms with van der Waals surface area (Å²) in [7, 11) is -3.72. The highest BCUT2D eigenvalue weighted by atomic mass is 32.2. The Balaban J connectivity index is 2.27. The summed E-state index contributed by atoms with van der Waals surface area (Å²) in [5.74, 6) is 0. The number of nitrogens with two attached hydrogens (primary N) is 2. The molecule has 0 aliphatic carbocycles. The van der Waals surface area contributed by atoms with E-state index in [9.17, 15) is 8.42 Å². The molecular formula is C13H21N3O3S. The molecule has 20 heavy (non-hydrogen) atoms. The third-order valence-electron chi connectivity index (χ3n) is 3.45. The zero-order chi connectivity index (χ0) is 14.8. The van der Waals surface area contributed by atoms with Gasteiger partial charge in [-0.25, -0.2) is 13.6 Å². The lowest BCUT2D eigenvalue weighted by Crippen LogP contribution is -2.40. The number of anilines is 2. The van der Waals surface area contributed by atoms with Gasteiger partial charge in [-0.3, -0.25) is 0 Å². The number of sulfonamides is 1. The first-order chi connectivity index (χ1) is 9.41. The second kappa shape index (κ2) is 5.99. The molecule has 1 aliphatic rings. The minimum atomic E-state index is -3.72. The van der Waals surface area contributed by atoms with E-state index in [2.05, 4.69) is 4.90 Å². The normalized spacial score (nSPS) is 20.1. The van der Waals surface area contributed by atoms with Gasteiger partial charge in [-0.05, 0) is 38.0 Å². The van der Waals surface area contributed by atoms with E-state index in [0.717, 1.165) is 19.4 Å². The van der Waals surface area contributed by atoms with Crippen molar-refractivity contribution in [1.82, 2.24) is 0 Å². The van der Waals surface area contributed by atoms with Gasteiger partial charge in [-0.2, -0.15) is 0 Å². The summed E-state index contributed by atoms with van der Waals surface area (Å²) in [4.78, 5) is 2.15. The Morgan fingerprint density at radius 3 is 2.85 bits per heavy atom. The fraction of sp³-hybridized carbons (Fsp3) is 0.538.